The third kappa shape index (κ3) is 21.7. The van der Waals surface area contributed by atoms with Crippen LogP contribution in [0.4, 0.5) is 0 Å². The van der Waals surface area contributed by atoms with Crippen molar-refractivity contribution in [2.24, 2.45) is 5.73 Å². The number of rotatable bonds is 12. The molecule has 112 valence electrons. The zero-order chi connectivity index (χ0) is 13.6. The van der Waals surface area contributed by atoms with Gasteiger partial charge in [-0.3, -0.25) is 4.79 Å². The van der Waals surface area contributed by atoms with Crippen LogP contribution in [0.25, 0.3) is 0 Å². The largest absolute Gasteiger partial charge is 1.00 e. The van der Waals surface area contributed by atoms with Crippen LogP contribution < -0.4 is 70.2 Å². The summed E-state index contributed by atoms with van der Waals surface area (Å²) in [4.78, 5) is 11.3. The first-order chi connectivity index (χ1) is 8.66. The van der Waals surface area contributed by atoms with E-state index in [2.05, 4.69) is 12.2 Å². The average Bonchev–Trinajstić information content (AvgIpc) is 2.34. The molecule has 0 rings (SSSR count). The van der Waals surface area contributed by atoms with E-state index in [4.69, 9.17) is 10.8 Å². The van der Waals surface area contributed by atoms with Crippen LogP contribution in [-0.2, 0) is 4.79 Å². The number of nitrogens with one attached hydrogen (secondary N) is 1. The minimum absolute atomic E-state index is 0. The molecule has 0 heterocycles. The molecule has 0 aliphatic carbocycles. The molecular weight excluding hydrogens is 274 g/mol. The molecule has 0 bridgehead atoms. The number of hydrogen-bond donors (Lipinski definition) is 3. The molecule has 4 N–H and O–H groups in total. The van der Waals surface area contributed by atoms with E-state index in [1.54, 1.807) is 0 Å². The van der Waals surface area contributed by atoms with Gasteiger partial charge in [0.15, 0.2) is 0 Å². The fourth-order valence-corrected chi connectivity index (χ4v) is 1.90. The molecule has 0 aromatic rings. The van der Waals surface area contributed by atoms with Crippen LogP contribution in [0.15, 0.2) is 0 Å². The topological polar surface area (TPSA) is 75.4 Å². The summed E-state index contributed by atoms with van der Waals surface area (Å²) < 4.78 is 0. The number of aliphatic hydroxyl groups is 1. The average molecular weight is 306 g/mol. The maximum atomic E-state index is 11.3. The minimum atomic E-state index is -0.947. The van der Waals surface area contributed by atoms with Gasteiger partial charge in [0.2, 0.25) is 5.91 Å². The van der Waals surface area contributed by atoms with Crippen LogP contribution in [0.3, 0.4) is 0 Å². The number of carbonyl (C=O) groups is 1. The first kappa shape index (κ1) is 26.3. The molecular formula is C14H32N2Na2O2. The molecule has 0 radical (unpaired) electrons. The van der Waals surface area contributed by atoms with E-state index < -0.39 is 6.23 Å². The van der Waals surface area contributed by atoms with Crippen molar-refractivity contribution in [3.63, 3.8) is 0 Å². The van der Waals surface area contributed by atoms with Gasteiger partial charge < -0.3 is 19.0 Å². The zero-order valence-corrected chi connectivity index (χ0v) is 17.8. The smallest absolute Gasteiger partial charge is 1.00 e. The molecule has 0 aliphatic rings. The summed E-state index contributed by atoms with van der Waals surface area (Å²) >= 11 is 0. The second-order valence-electron chi connectivity index (χ2n) is 4.95. The van der Waals surface area contributed by atoms with Gasteiger partial charge in [0, 0.05) is 6.42 Å². The second-order valence-corrected chi connectivity index (χ2v) is 4.95. The standard InChI is InChI=1S/C14H30N2O2.2Na.2H/c1-2-3-4-5-6-7-8-9-10-11-14(18)16-12-13(15)17;;;;/h13,17H,2-12,15H2,1H3,(H,16,18);;;;/q;2*+1;2*-1. The summed E-state index contributed by atoms with van der Waals surface area (Å²) in [5, 5.41) is 11.4. The predicted molar refractivity (Wildman–Crippen MR) is 77.3 cm³/mol. The first-order valence-corrected chi connectivity index (χ1v) is 7.37. The first-order valence-electron chi connectivity index (χ1n) is 7.37. The van der Waals surface area contributed by atoms with E-state index in [-0.39, 0.29) is 74.4 Å². The van der Waals surface area contributed by atoms with Gasteiger partial charge in [-0.25, -0.2) is 0 Å². The van der Waals surface area contributed by atoms with Crippen LogP contribution >= 0.6 is 0 Å². The molecule has 0 saturated carbocycles. The minimum Gasteiger partial charge on any atom is -1.00 e. The molecule has 0 saturated heterocycles. The molecule has 0 aromatic heterocycles. The molecule has 6 heteroatoms. The summed E-state index contributed by atoms with van der Waals surface area (Å²) in [5.41, 5.74) is 5.13. The van der Waals surface area contributed by atoms with E-state index in [9.17, 15) is 4.79 Å². The van der Waals surface area contributed by atoms with Crippen molar-refractivity contribution in [2.75, 3.05) is 6.54 Å². The van der Waals surface area contributed by atoms with Crippen LogP contribution in [0.1, 0.15) is 74.0 Å². The fourth-order valence-electron chi connectivity index (χ4n) is 1.90. The zero-order valence-electron chi connectivity index (χ0n) is 15.8. The molecule has 1 unspecified atom stereocenters. The summed E-state index contributed by atoms with van der Waals surface area (Å²) in [5.74, 6) is -0.0116. The quantitative estimate of drug-likeness (QED) is 0.199. The van der Waals surface area contributed by atoms with Gasteiger partial charge >= 0.3 is 59.1 Å². The number of amides is 1. The van der Waals surface area contributed by atoms with Gasteiger partial charge in [0.05, 0.1) is 6.54 Å². The molecule has 0 fully saturated rings. The Morgan fingerprint density at radius 3 is 1.95 bits per heavy atom. The van der Waals surface area contributed by atoms with E-state index in [1.165, 1.54) is 44.9 Å². The second kappa shape index (κ2) is 20.4. The Balaban J connectivity index is -0.000000241. The predicted octanol–water partition coefficient (Wildman–Crippen LogP) is -3.47. The molecule has 20 heavy (non-hydrogen) atoms. The maximum Gasteiger partial charge on any atom is 1.00 e. The van der Waals surface area contributed by atoms with Crippen molar-refractivity contribution in [3.05, 3.63) is 0 Å². The number of hydrogen-bond acceptors (Lipinski definition) is 3. The number of unbranched alkanes of at least 4 members (excludes halogenated alkanes) is 8. The van der Waals surface area contributed by atoms with Crippen LogP contribution in [0, 0.1) is 0 Å². The molecule has 0 aromatic carbocycles. The number of aliphatic hydroxyl groups excluding tert-OH is 1. The molecule has 1 atom stereocenters. The maximum absolute atomic E-state index is 11.3. The van der Waals surface area contributed by atoms with E-state index in [0.717, 1.165) is 12.8 Å². The Hall–Kier alpha value is 1.39. The summed E-state index contributed by atoms with van der Waals surface area (Å²) in [6, 6.07) is 0. The molecule has 1 amide bonds. The summed E-state index contributed by atoms with van der Waals surface area (Å²) in [6.07, 6.45) is 10.8. The van der Waals surface area contributed by atoms with E-state index >= 15 is 0 Å². The Labute approximate surface area is 171 Å². The molecule has 0 spiro atoms. The van der Waals surface area contributed by atoms with Gasteiger partial charge in [-0.05, 0) is 6.42 Å². The molecule has 4 nitrogen and oxygen atoms in total. The van der Waals surface area contributed by atoms with Gasteiger partial charge in [0.25, 0.3) is 0 Å². The monoisotopic (exact) mass is 306 g/mol. The van der Waals surface area contributed by atoms with Gasteiger partial charge in [0.1, 0.15) is 6.23 Å². The van der Waals surface area contributed by atoms with Crippen molar-refractivity contribution in [3.8, 4) is 0 Å². The number of nitrogens with two attached hydrogens (primary N) is 1. The van der Waals surface area contributed by atoms with Crippen molar-refractivity contribution < 1.29 is 71.9 Å². The summed E-state index contributed by atoms with van der Waals surface area (Å²) in [7, 11) is 0. The normalized spacial score (nSPS) is 11.2. The fraction of sp³-hybridized carbons (Fsp3) is 0.929. The van der Waals surface area contributed by atoms with E-state index in [1.807, 2.05) is 0 Å². The Morgan fingerprint density at radius 2 is 1.50 bits per heavy atom. The van der Waals surface area contributed by atoms with Crippen molar-refractivity contribution in [1.29, 1.82) is 0 Å². The van der Waals surface area contributed by atoms with Crippen molar-refractivity contribution >= 4 is 5.91 Å². The third-order valence-corrected chi connectivity index (χ3v) is 3.02. The third-order valence-electron chi connectivity index (χ3n) is 3.02. The van der Waals surface area contributed by atoms with E-state index in [0.29, 0.717) is 6.42 Å². The van der Waals surface area contributed by atoms with Gasteiger partial charge in [-0.2, -0.15) is 0 Å². The van der Waals surface area contributed by atoms with Gasteiger partial charge in [-0.15, -0.1) is 0 Å². The van der Waals surface area contributed by atoms with Crippen LogP contribution in [-0.4, -0.2) is 23.8 Å². The van der Waals surface area contributed by atoms with Crippen LogP contribution in [0.2, 0.25) is 0 Å². The number of carbonyl (C=O) groups excluding carboxylic acids is 1. The SMILES string of the molecule is CCCCCCCCCCCC(=O)NCC(N)O.[H-].[H-].[Na+].[Na+]. The van der Waals surface area contributed by atoms with Crippen LogP contribution in [0.5, 0.6) is 0 Å². The molecule has 0 aliphatic heterocycles. The van der Waals surface area contributed by atoms with Gasteiger partial charge in [-0.1, -0.05) is 58.3 Å². The Bertz CT molecular complexity index is 215. The van der Waals surface area contributed by atoms with Crippen molar-refractivity contribution in [2.45, 2.75) is 77.4 Å². The Kier molecular flexibility index (Phi) is 26.8. The summed E-state index contributed by atoms with van der Waals surface area (Å²) in [6.45, 7) is 2.38. The Morgan fingerprint density at radius 1 is 1.05 bits per heavy atom. The van der Waals surface area contributed by atoms with Crippen molar-refractivity contribution in [1.82, 2.24) is 5.32 Å².